The molecule has 2 aromatic rings. The van der Waals surface area contributed by atoms with Crippen LogP contribution in [0.25, 0.3) is 0 Å². The van der Waals surface area contributed by atoms with Crippen molar-refractivity contribution in [1.29, 1.82) is 0 Å². The maximum Gasteiger partial charge on any atom is 0.262 e. The number of fused-ring (bicyclic) bond motifs is 1. The third-order valence-electron chi connectivity index (χ3n) is 6.13. The number of likely N-dealkylation sites (tertiary alicyclic amines) is 1. The molecule has 2 aliphatic rings. The van der Waals surface area contributed by atoms with Gasteiger partial charge < -0.3 is 10.2 Å². The predicted octanol–water partition coefficient (Wildman–Crippen LogP) is 3.18. The van der Waals surface area contributed by atoms with Crippen LogP contribution in [0.1, 0.15) is 47.4 Å². The van der Waals surface area contributed by atoms with E-state index in [0.717, 1.165) is 4.90 Å². The average molecular weight is 434 g/mol. The Kier molecular flexibility index (Phi) is 6.08. The largest absolute Gasteiger partial charge is 0.340 e. The second kappa shape index (κ2) is 8.94. The van der Waals surface area contributed by atoms with E-state index in [9.17, 15) is 19.2 Å². The minimum absolute atomic E-state index is 0.129. The van der Waals surface area contributed by atoms with Gasteiger partial charge in [0, 0.05) is 18.8 Å². The zero-order valence-electron chi connectivity index (χ0n) is 18.3. The summed E-state index contributed by atoms with van der Waals surface area (Å²) in [6.07, 6.45) is 1.37. The van der Waals surface area contributed by atoms with Crippen LogP contribution in [-0.2, 0) is 9.59 Å². The van der Waals surface area contributed by atoms with Crippen LogP contribution in [0.5, 0.6) is 0 Å². The maximum atomic E-state index is 13.5. The van der Waals surface area contributed by atoms with Crippen molar-refractivity contribution in [3.63, 3.8) is 0 Å². The van der Waals surface area contributed by atoms with Gasteiger partial charge in [0.1, 0.15) is 6.04 Å². The van der Waals surface area contributed by atoms with Crippen LogP contribution in [0.15, 0.2) is 54.6 Å². The molecule has 0 radical (unpaired) electrons. The highest BCUT2D eigenvalue weighted by Gasteiger charge is 2.45. The van der Waals surface area contributed by atoms with Gasteiger partial charge in [-0.05, 0) is 43.0 Å². The van der Waals surface area contributed by atoms with E-state index in [-0.39, 0.29) is 30.2 Å². The van der Waals surface area contributed by atoms with Crippen molar-refractivity contribution in [2.24, 2.45) is 11.8 Å². The van der Waals surface area contributed by atoms with E-state index in [1.54, 1.807) is 29.2 Å². The Hall–Kier alpha value is -3.48. The summed E-state index contributed by atoms with van der Waals surface area (Å²) in [4.78, 5) is 55.0. The Morgan fingerprint density at radius 3 is 2.12 bits per heavy atom. The van der Waals surface area contributed by atoms with Gasteiger partial charge in [-0.2, -0.15) is 0 Å². The molecule has 0 aliphatic carbocycles. The molecule has 4 amide bonds. The molecule has 2 atom stereocenters. The SMILES string of the molecule is CC(C)C(C(=O)N1CCCC(C(=O)Nc2ccccc2)C1)N1C(=O)c2ccccc2C1=O. The number of carbonyl (C=O) groups is 4. The second-order valence-corrected chi connectivity index (χ2v) is 8.69. The molecule has 166 valence electrons. The van der Waals surface area contributed by atoms with Crippen LogP contribution >= 0.6 is 0 Å². The van der Waals surface area contributed by atoms with E-state index in [2.05, 4.69) is 5.32 Å². The average Bonchev–Trinajstić information content (AvgIpc) is 3.05. The number of carbonyl (C=O) groups excluding carboxylic acids is 4. The summed E-state index contributed by atoms with van der Waals surface area (Å²) >= 11 is 0. The van der Waals surface area contributed by atoms with Gasteiger partial charge >= 0.3 is 0 Å². The zero-order chi connectivity index (χ0) is 22.8. The van der Waals surface area contributed by atoms with E-state index in [0.29, 0.717) is 36.2 Å². The molecule has 1 saturated heterocycles. The molecule has 0 spiro atoms. The highest BCUT2D eigenvalue weighted by Crippen LogP contribution is 2.29. The van der Waals surface area contributed by atoms with Gasteiger partial charge in [-0.3, -0.25) is 24.1 Å². The van der Waals surface area contributed by atoms with Gasteiger partial charge in [0.05, 0.1) is 17.0 Å². The number of rotatable bonds is 5. The third-order valence-corrected chi connectivity index (χ3v) is 6.13. The normalized spacial score (nSPS) is 19.2. The van der Waals surface area contributed by atoms with Crippen LogP contribution in [0.4, 0.5) is 5.69 Å². The number of hydrogen-bond acceptors (Lipinski definition) is 4. The first kappa shape index (κ1) is 21.7. The summed E-state index contributed by atoms with van der Waals surface area (Å²) in [5.74, 6) is -1.89. The van der Waals surface area contributed by atoms with Crippen LogP contribution in [0.3, 0.4) is 0 Å². The Morgan fingerprint density at radius 2 is 1.53 bits per heavy atom. The molecule has 0 aromatic heterocycles. The van der Waals surface area contributed by atoms with Gasteiger partial charge in [0.25, 0.3) is 11.8 Å². The molecule has 2 aliphatic heterocycles. The quantitative estimate of drug-likeness (QED) is 0.734. The Labute approximate surface area is 187 Å². The minimum atomic E-state index is -0.904. The summed E-state index contributed by atoms with van der Waals surface area (Å²) in [6.45, 7) is 4.43. The number of para-hydroxylation sites is 1. The zero-order valence-corrected chi connectivity index (χ0v) is 18.3. The summed E-state index contributed by atoms with van der Waals surface area (Å²) in [5.41, 5.74) is 1.37. The van der Waals surface area contributed by atoms with Gasteiger partial charge in [-0.15, -0.1) is 0 Å². The molecule has 0 saturated carbocycles. The number of imide groups is 1. The van der Waals surface area contributed by atoms with Crippen molar-refractivity contribution >= 4 is 29.3 Å². The topological polar surface area (TPSA) is 86.8 Å². The summed E-state index contributed by atoms with van der Waals surface area (Å²) in [5, 5.41) is 2.91. The lowest BCUT2D eigenvalue weighted by atomic mass is 9.94. The molecule has 1 N–H and O–H groups in total. The fourth-order valence-corrected chi connectivity index (χ4v) is 4.50. The molecule has 7 nitrogen and oxygen atoms in total. The lowest BCUT2D eigenvalue weighted by Crippen LogP contribution is -2.56. The molecular weight excluding hydrogens is 406 g/mol. The first-order chi connectivity index (χ1) is 15.4. The fraction of sp³-hybridized carbons (Fsp3) is 0.360. The Balaban J connectivity index is 1.51. The van der Waals surface area contributed by atoms with Gasteiger partial charge in [-0.25, -0.2) is 0 Å². The molecular formula is C25H27N3O4. The Bertz CT molecular complexity index is 1020. The van der Waals surface area contributed by atoms with Crippen molar-refractivity contribution < 1.29 is 19.2 Å². The number of nitrogens with one attached hydrogen (secondary N) is 1. The number of amides is 4. The van der Waals surface area contributed by atoms with Crippen LogP contribution < -0.4 is 5.32 Å². The number of hydrogen-bond donors (Lipinski definition) is 1. The monoisotopic (exact) mass is 433 g/mol. The Morgan fingerprint density at radius 1 is 0.938 bits per heavy atom. The van der Waals surface area contributed by atoms with E-state index in [1.807, 2.05) is 44.2 Å². The summed E-state index contributed by atoms with van der Waals surface area (Å²) in [7, 11) is 0. The smallest absolute Gasteiger partial charge is 0.262 e. The molecule has 1 fully saturated rings. The van der Waals surface area contributed by atoms with Gasteiger partial charge in [0.15, 0.2) is 0 Å². The third kappa shape index (κ3) is 4.02. The molecule has 0 bridgehead atoms. The van der Waals surface area contributed by atoms with Crippen molar-refractivity contribution in [3.8, 4) is 0 Å². The van der Waals surface area contributed by atoms with Gasteiger partial charge in [-0.1, -0.05) is 44.2 Å². The molecule has 32 heavy (non-hydrogen) atoms. The highest BCUT2D eigenvalue weighted by molar-refractivity contribution is 6.22. The summed E-state index contributed by atoms with van der Waals surface area (Å²) < 4.78 is 0. The molecule has 2 unspecified atom stereocenters. The van der Waals surface area contributed by atoms with Crippen molar-refractivity contribution in [2.45, 2.75) is 32.7 Å². The lowest BCUT2D eigenvalue weighted by molar-refractivity contribution is -0.139. The fourth-order valence-electron chi connectivity index (χ4n) is 4.50. The molecule has 7 heteroatoms. The number of piperidine rings is 1. The number of nitrogens with zero attached hydrogens (tertiary/aromatic N) is 2. The van der Waals surface area contributed by atoms with Crippen molar-refractivity contribution in [1.82, 2.24) is 9.80 Å². The van der Waals surface area contributed by atoms with Crippen LogP contribution in [0, 0.1) is 11.8 Å². The number of benzene rings is 2. The van der Waals surface area contributed by atoms with Crippen LogP contribution in [-0.4, -0.2) is 52.6 Å². The van der Waals surface area contributed by atoms with E-state index in [1.165, 1.54) is 0 Å². The van der Waals surface area contributed by atoms with Gasteiger partial charge in [0.2, 0.25) is 11.8 Å². The first-order valence-electron chi connectivity index (χ1n) is 11.0. The summed E-state index contributed by atoms with van der Waals surface area (Å²) in [6, 6.07) is 15.0. The van der Waals surface area contributed by atoms with E-state index in [4.69, 9.17) is 0 Å². The second-order valence-electron chi connectivity index (χ2n) is 8.69. The number of anilines is 1. The lowest BCUT2D eigenvalue weighted by Gasteiger charge is -2.37. The van der Waals surface area contributed by atoms with E-state index >= 15 is 0 Å². The maximum absolute atomic E-state index is 13.5. The molecule has 2 heterocycles. The van der Waals surface area contributed by atoms with Crippen molar-refractivity contribution in [3.05, 3.63) is 65.7 Å². The van der Waals surface area contributed by atoms with E-state index < -0.39 is 17.9 Å². The molecule has 4 rings (SSSR count). The van der Waals surface area contributed by atoms with Crippen molar-refractivity contribution in [2.75, 3.05) is 18.4 Å². The first-order valence-corrected chi connectivity index (χ1v) is 11.0. The van der Waals surface area contributed by atoms with Crippen LogP contribution in [0.2, 0.25) is 0 Å². The minimum Gasteiger partial charge on any atom is -0.340 e. The predicted molar refractivity (Wildman–Crippen MR) is 120 cm³/mol. The molecule has 2 aromatic carbocycles. The standard InChI is InChI=1S/C25H27N3O4/c1-16(2)21(28-23(30)19-12-6-7-13-20(19)24(28)31)25(32)27-14-8-9-17(15-27)22(29)26-18-10-4-3-5-11-18/h3-7,10-13,16-17,21H,8-9,14-15H2,1-2H3,(H,26,29). The highest BCUT2D eigenvalue weighted by atomic mass is 16.2.